The van der Waals surface area contributed by atoms with Crippen LogP contribution in [0.4, 0.5) is 0 Å². The maximum absolute atomic E-state index is 5.92. The molecule has 0 unspecified atom stereocenters. The molecule has 23 heavy (non-hydrogen) atoms. The molecular formula is C17H25N3O3. The summed E-state index contributed by atoms with van der Waals surface area (Å²) >= 11 is 0. The molecule has 3 atom stereocenters. The van der Waals surface area contributed by atoms with Crippen molar-refractivity contribution in [3.05, 3.63) is 28.7 Å². The molecule has 1 fully saturated rings. The SMILES string of the molecule is Cc1noc(C)c1[C@@H](C)c1nc([C@H]2CCO[C@@H]2C(C)(C)C)no1. The van der Waals surface area contributed by atoms with Gasteiger partial charge in [0, 0.05) is 12.2 Å². The van der Waals surface area contributed by atoms with E-state index in [0.717, 1.165) is 35.9 Å². The van der Waals surface area contributed by atoms with Gasteiger partial charge in [-0.2, -0.15) is 4.98 Å². The minimum absolute atomic E-state index is 0.0297. The molecule has 1 aliphatic rings. The van der Waals surface area contributed by atoms with Crippen LogP contribution in [0.5, 0.6) is 0 Å². The van der Waals surface area contributed by atoms with Crippen LogP contribution in [-0.4, -0.2) is 28.0 Å². The topological polar surface area (TPSA) is 74.2 Å². The zero-order valence-electron chi connectivity index (χ0n) is 14.7. The maximum Gasteiger partial charge on any atom is 0.234 e. The predicted octanol–water partition coefficient (Wildman–Crippen LogP) is 3.74. The molecule has 126 valence electrons. The van der Waals surface area contributed by atoms with Crippen molar-refractivity contribution in [1.82, 2.24) is 15.3 Å². The molecule has 0 saturated carbocycles. The highest BCUT2D eigenvalue weighted by Crippen LogP contribution is 2.40. The van der Waals surface area contributed by atoms with Gasteiger partial charge >= 0.3 is 0 Å². The van der Waals surface area contributed by atoms with Gasteiger partial charge in [-0.25, -0.2) is 0 Å². The standard InChI is InChI=1S/C17H25N3O3/c1-9(13-10(2)19-22-11(13)3)16-18-15(20-23-16)12-7-8-21-14(12)17(4,5)6/h9,12,14H,7-8H2,1-6H3/t9-,12+,14+/m1/s1. The monoisotopic (exact) mass is 319 g/mol. The highest BCUT2D eigenvalue weighted by atomic mass is 16.5. The molecule has 6 heteroatoms. The third-order valence-electron chi connectivity index (χ3n) is 4.63. The lowest BCUT2D eigenvalue weighted by atomic mass is 9.81. The van der Waals surface area contributed by atoms with Crippen molar-refractivity contribution in [1.29, 1.82) is 0 Å². The van der Waals surface area contributed by atoms with Gasteiger partial charge in [-0.15, -0.1) is 0 Å². The van der Waals surface area contributed by atoms with Crippen LogP contribution in [0.2, 0.25) is 0 Å². The first-order chi connectivity index (χ1) is 10.8. The summed E-state index contributed by atoms with van der Waals surface area (Å²) in [5, 5.41) is 8.24. The number of hydrogen-bond acceptors (Lipinski definition) is 6. The molecule has 1 aliphatic heterocycles. The molecular weight excluding hydrogens is 294 g/mol. The summed E-state index contributed by atoms with van der Waals surface area (Å²) in [6.45, 7) is 13.2. The third-order valence-corrected chi connectivity index (χ3v) is 4.63. The average Bonchev–Trinajstić information content (AvgIpc) is 3.16. The van der Waals surface area contributed by atoms with E-state index in [9.17, 15) is 0 Å². The normalized spacial score (nSPS) is 23.4. The van der Waals surface area contributed by atoms with Crippen LogP contribution >= 0.6 is 0 Å². The van der Waals surface area contributed by atoms with Crippen molar-refractivity contribution in [2.45, 2.75) is 65.9 Å². The molecule has 2 aromatic rings. The van der Waals surface area contributed by atoms with Gasteiger partial charge in [0.1, 0.15) is 5.76 Å². The first kappa shape index (κ1) is 16.2. The lowest BCUT2D eigenvalue weighted by molar-refractivity contribution is 0.0193. The fourth-order valence-electron chi connectivity index (χ4n) is 3.51. The zero-order valence-corrected chi connectivity index (χ0v) is 14.7. The van der Waals surface area contributed by atoms with Gasteiger partial charge in [-0.1, -0.05) is 31.1 Å². The Bertz CT molecular complexity index is 664. The number of ether oxygens (including phenoxy) is 1. The van der Waals surface area contributed by atoms with E-state index in [1.54, 1.807) is 0 Å². The molecule has 3 rings (SSSR count). The van der Waals surface area contributed by atoms with Crippen molar-refractivity contribution in [2.24, 2.45) is 5.41 Å². The maximum atomic E-state index is 5.92. The van der Waals surface area contributed by atoms with Crippen LogP contribution < -0.4 is 0 Å². The number of aromatic nitrogens is 3. The summed E-state index contributed by atoms with van der Waals surface area (Å²) in [5.74, 6) is 2.30. The van der Waals surface area contributed by atoms with E-state index in [1.165, 1.54) is 0 Å². The van der Waals surface area contributed by atoms with Gasteiger partial charge in [0.2, 0.25) is 5.89 Å². The highest BCUT2D eigenvalue weighted by Gasteiger charge is 2.41. The highest BCUT2D eigenvalue weighted by molar-refractivity contribution is 5.29. The van der Waals surface area contributed by atoms with Crippen molar-refractivity contribution in [3.63, 3.8) is 0 Å². The van der Waals surface area contributed by atoms with E-state index in [4.69, 9.17) is 13.8 Å². The van der Waals surface area contributed by atoms with Crippen molar-refractivity contribution in [3.8, 4) is 0 Å². The summed E-state index contributed by atoms with van der Waals surface area (Å²) in [4.78, 5) is 4.67. The second-order valence-corrected chi connectivity index (χ2v) is 7.50. The fraction of sp³-hybridized carbons (Fsp3) is 0.706. The van der Waals surface area contributed by atoms with Crippen LogP contribution in [0.15, 0.2) is 9.05 Å². The van der Waals surface area contributed by atoms with Crippen molar-refractivity contribution in [2.75, 3.05) is 6.61 Å². The first-order valence-corrected chi connectivity index (χ1v) is 8.17. The molecule has 1 saturated heterocycles. The van der Waals surface area contributed by atoms with Gasteiger partial charge in [0.15, 0.2) is 5.82 Å². The number of rotatable bonds is 3. The Hall–Kier alpha value is -1.69. The Kier molecular flexibility index (Phi) is 4.04. The van der Waals surface area contributed by atoms with E-state index in [2.05, 4.69) is 36.1 Å². The first-order valence-electron chi connectivity index (χ1n) is 8.17. The molecule has 0 aromatic carbocycles. The largest absolute Gasteiger partial charge is 0.377 e. The van der Waals surface area contributed by atoms with Gasteiger partial charge in [0.05, 0.1) is 23.6 Å². The molecule has 0 N–H and O–H groups in total. The van der Waals surface area contributed by atoms with Crippen LogP contribution in [0, 0.1) is 19.3 Å². The lowest BCUT2D eigenvalue weighted by Gasteiger charge is -2.29. The van der Waals surface area contributed by atoms with Crippen LogP contribution in [-0.2, 0) is 4.74 Å². The number of aryl methyl sites for hydroxylation is 2. The molecule has 0 radical (unpaired) electrons. The Morgan fingerprint density at radius 3 is 2.48 bits per heavy atom. The average molecular weight is 319 g/mol. The minimum atomic E-state index is -0.0297. The summed E-state index contributed by atoms with van der Waals surface area (Å²) in [7, 11) is 0. The van der Waals surface area contributed by atoms with Crippen LogP contribution in [0.25, 0.3) is 0 Å². The Morgan fingerprint density at radius 2 is 1.87 bits per heavy atom. The van der Waals surface area contributed by atoms with Gasteiger partial charge in [0.25, 0.3) is 0 Å². The van der Waals surface area contributed by atoms with E-state index in [-0.39, 0.29) is 23.4 Å². The molecule has 0 aliphatic carbocycles. The van der Waals surface area contributed by atoms with Crippen molar-refractivity contribution >= 4 is 0 Å². The molecule has 6 nitrogen and oxygen atoms in total. The second-order valence-electron chi connectivity index (χ2n) is 7.50. The Labute approximate surface area is 136 Å². The van der Waals surface area contributed by atoms with Crippen LogP contribution in [0.3, 0.4) is 0 Å². The number of hydrogen-bond donors (Lipinski definition) is 0. The Morgan fingerprint density at radius 1 is 1.13 bits per heavy atom. The second kappa shape index (κ2) is 5.74. The summed E-state index contributed by atoms with van der Waals surface area (Å²) in [6, 6.07) is 0. The van der Waals surface area contributed by atoms with Gasteiger partial charge < -0.3 is 13.8 Å². The van der Waals surface area contributed by atoms with Gasteiger partial charge in [-0.3, -0.25) is 0 Å². The van der Waals surface area contributed by atoms with E-state index in [0.29, 0.717) is 5.89 Å². The molecule has 0 amide bonds. The Balaban J connectivity index is 1.86. The third kappa shape index (κ3) is 2.92. The van der Waals surface area contributed by atoms with E-state index < -0.39 is 0 Å². The minimum Gasteiger partial charge on any atom is -0.377 e. The molecule has 0 spiro atoms. The smallest absolute Gasteiger partial charge is 0.234 e. The molecule has 2 aromatic heterocycles. The molecule has 3 heterocycles. The molecule has 0 bridgehead atoms. The quantitative estimate of drug-likeness (QED) is 0.858. The summed E-state index contributed by atoms with van der Waals surface area (Å²) < 4.78 is 16.7. The summed E-state index contributed by atoms with van der Waals surface area (Å²) in [5.41, 5.74) is 1.94. The van der Waals surface area contributed by atoms with Crippen molar-refractivity contribution < 1.29 is 13.8 Å². The van der Waals surface area contributed by atoms with E-state index in [1.807, 2.05) is 20.8 Å². The fourth-order valence-corrected chi connectivity index (χ4v) is 3.51. The van der Waals surface area contributed by atoms with E-state index >= 15 is 0 Å². The van der Waals surface area contributed by atoms with Crippen LogP contribution in [0.1, 0.15) is 74.7 Å². The van der Waals surface area contributed by atoms with Gasteiger partial charge in [-0.05, 0) is 32.6 Å². The lowest BCUT2D eigenvalue weighted by Crippen LogP contribution is -2.30. The predicted molar refractivity (Wildman–Crippen MR) is 84.3 cm³/mol. The zero-order chi connectivity index (χ0) is 16.8. The summed E-state index contributed by atoms with van der Waals surface area (Å²) in [6.07, 6.45) is 1.04. The number of nitrogens with zero attached hydrogens (tertiary/aromatic N) is 3.